The van der Waals surface area contributed by atoms with Crippen LogP contribution in [0.5, 0.6) is 0 Å². The topological polar surface area (TPSA) is 54.9 Å². The van der Waals surface area contributed by atoms with Crippen molar-refractivity contribution in [3.8, 4) is 0 Å². The summed E-state index contributed by atoms with van der Waals surface area (Å²) in [6.07, 6.45) is 4.65. The molecule has 1 N–H and O–H groups in total. The number of aromatic nitrogens is 2. The van der Waals surface area contributed by atoms with Crippen LogP contribution in [0.1, 0.15) is 39.3 Å². The highest BCUT2D eigenvalue weighted by atomic mass is 32.1. The van der Waals surface area contributed by atoms with Crippen LogP contribution >= 0.6 is 22.7 Å². The molecule has 0 fully saturated rings. The standard InChI is InChI=1S/C20H17N3OS2/c1-11-21-15-8-9-16-18(17(15)25-11)26-20(22-16)23-19(24)14-7-6-12-4-2-3-5-13(12)10-14/h6-10H,2-5H2,1H3,(H,22,23,24). The molecule has 0 saturated heterocycles. The molecule has 1 amide bonds. The molecule has 2 aromatic heterocycles. The van der Waals surface area contributed by atoms with Crippen LogP contribution in [0, 0.1) is 6.92 Å². The van der Waals surface area contributed by atoms with Gasteiger partial charge in [0.25, 0.3) is 5.91 Å². The van der Waals surface area contributed by atoms with Gasteiger partial charge in [-0.1, -0.05) is 17.4 Å². The zero-order chi connectivity index (χ0) is 17.7. The Morgan fingerprint density at radius 3 is 2.54 bits per heavy atom. The van der Waals surface area contributed by atoms with E-state index in [1.807, 2.05) is 31.2 Å². The first kappa shape index (κ1) is 15.9. The van der Waals surface area contributed by atoms with Crippen molar-refractivity contribution < 1.29 is 4.79 Å². The fourth-order valence-electron chi connectivity index (χ4n) is 3.58. The molecule has 0 spiro atoms. The maximum Gasteiger partial charge on any atom is 0.257 e. The minimum Gasteiger partial charge on any atom is -0.298 e. The van der Waals surface area contributed by atoms with Crippen LogP contribution in [0.25, 0.3) is 20.4 Å². The maximum absolute atomic E-state index is 12.7. The molecule has 26 heavy (non-hydrogen) atoms. The van der Waals surface area contributed by atoms with E-state index in [4.69, 9.17) is 0 Å². The number of nitrogens with one attached hydrogen (secondary N) is 1. The van der Waals surface area contributed by atoms with Crippen molar-refractivity contribution in [3.05, 3.63) is 52.0 Å². The smallest absolute Gasteiger partial charge is 0.257 e. The maximum atomic E-state index is 12.7. The lowest BCUT2D eigenvalue weighted by Crippen LogP contribution is -2.13. The summed E-state index contributed by atoms with van der Waals surface area (Å²) in [6, 6.07) is 10.0. The van der Waals surface area contributed by atoms with E-state index in [1.54, 1.807) is 11.3 Å². The molecule has 4 aromatic rings. The number of nitrogens with zero attached hydrogens (tertiary/aromatic N) is 2. The van der Waals surface area contributed by atoms with Crippen molar-refractivity contribution in [1.29, 1.82) is 0 Å². The molecule has 2 aromatic carbocycles. The monoisotopic (exact) mass is 379 g/mol. The molecule has 0 atom stereocenters. The summed E-state index contributed by atoms with van der Waals surface area (Å²) < 4.78 is 2.24. The number of aryl methyl sites for hydroxylation is 3. The van der Waals surface area contributed by atoms with E-state index < -0.39 is 0 Å². The van der Waals surface area contributed by atoms with Crippen LogP contribution in [0.15, 0.2) is 30.3 Å². The average Bonchev–Trinajstić information content (AvgIpc) is 3.23. The number of amides is 1. The Kier molecular flexibility index (Phi) is 3.76. The second-order valence-electron chi connectivity index (χ2n) is 6.66. The minimum atomic E-state index is -0.0887. The van der Waals surface area contributed by atoms with Gasteiger partial charge in [-0.25, -0.2) is 9.97 Å². The van der Waals surface area contributed by atoms with Gasteiger partial charge >= 0.3 is 0 Å². The van der Waals surface area contributed by atoms with E-state index in [-0.39, 0.29) is 5.91 Å². The molecule has 2 heterocycles. The number of rotatable bonds is 2. The first-order valence-electron chi connectivity index (χ1n) is 8.77. The van der Waals surface area contributed by atoms with Crippen LogP contribution in [-0.2, 0) is 12.8 Å². The van der Waals surface area contributed by atoms with Gasteiger partial charge in [-0.3, -0.25) is 10.1 Å². The molecule has 1 aliphatic carbocycles. The van der Waals surface area contributed by atoms with Crippen LogP contribution in [0.3, 0.4) is 0 Å². The fraction of sp³-hybridized carbons (Fsp3) is 0.250. The zero-order valence-electron chi connectivity index (χ0n) is 14.3. The van der Waals surface area contributed by atoms with Crippen molar-refractivity contribution in [2.45, 2.75) is 32.6 Å². The quantitative estimate of drug-likeness (QED) is 0.511. The van der Waals surface area contributed by atoms with Crippen LogP contribution < -0.4 is 5.32 Å². The van der Waals surface area contributed by atoms with Gasteiger partial charge in [0.15, 0.2) is 5.13 Å². The van der Waals surface area contributed by atoms with Gasteiger partial charge in [0.2, 0.25) is 0 Å². The third-order valence-electron chi connectivity index (χ3n) is 4.85. The van der Waals surface area contributed by atoms with Gasteiger partial charge < -0.3 is 0 Å². The predicted octanol–water partition coefficient (Wildman–Crippen LogP) is 5.35. The highest BCUT2D eigenvalue weighted by molar-refractivity contribution is 7.28. The number of thiazole rings is 2. The fourth-order valence-corrected chi connectivity index (χ4v) is 5.58. The normalized spacial score (nSPS) is 13.9. The summed E-state index contributed by atoms with van der Waals surface area (Å²) in [5.41, 5.74) is 5.32. The van der Waals surface area contributed by atoms with Gasteiger partial charge in [-0.05, 0) is 68.0 Å². The van der Waals surface area contributed by atoms with Crippen molar-refractivity contribution in [2.75, 3.05) is 5.32 Å². The summed E-state index contributed by atoms with van der Waals surface area (Å²) in [5.74, 6) is -0.0887. The Bertz CT molecular complexity index is 1160. The van der Waals surface area contributed by atoms with Gasteiger partial charge in [0, 0.05) is 5.56 Å². The Labute approximate surface area is 158 Å². The van der Waals surface area contributed by atoms with Crippen LogP contribution in [0.2, 0.25) is 0 Å². The lowest BCUT2D eigenvalue weighted by atomic mass is 9.90. The first-order valence-corrected chi connectivity index (χ1v) is 10.4. The van der Waals surface area contributed by atoms with E-state index in [2.05, 4.69) is 21.4 Å². The van der Waals surface area contributed by atoms with E-state index in [0.29, 0.717) is 10.7 Å². The zero-order valence-corrected chi connectivity index (χ0v) is 16.0. The molecular formula is C20H17N3OS2. The molecule has 0 unspecified atom stereocenters. The highest BCUT2D eigenvalue weighted by Crippen LogP contribution is 2.36. The van der Waals surface area contributed by atoms with Crippen molar-refractivity contribution in [3.63, 3.8) is 0 Å². The lowest BCUT2D eigenvalue weighted by Gasteiger charge is -2.16. The molecule has 5 rings (SSSR count). The molecule has 4 nitrogen and oxygen atoms in total. The van der Waals surface area contributed by atoms with Crippen LogP contribution in [0.4, 0.5) is 5.13 Å². The minimum absolute atomic E-state index is 0.0887. The summed E-state index contributed by atoms with van der Waals surface area (Å²) in [5, 5.41) is 4.66. The van der Waals surface area contributed by atoms with E-state index in [1.165, 1.54) is 35.3 Å². The highest BCUT2D eigenvalue weighted by Gasteiger charge is 2.16. The Balaban J connectivity index is 1.47. The Morgan fingerprint density at radius 2 is 1.69 bits per heavy atom. The number of fused-ring (bicyclic) bond motifs is 4. The van der Waals surface area contributed by atoms with Crippen molar-refractivity contribution in [2.24, 2.45) is 0 Å². The number of carbonyl (C=O) groups excluding carboxylic acids is 1. The number of anilines is 1. The van der Waals surface area contributed by atoms with Crippen molar-refractivity contribution >= 4 is 54.1 Å². The van der Waals surface area contributed by atoms with E-state index in [9.17, 15) is 4.79 Å². The van der Waals surface area contributed by atoms with Gasteiger partial charge in [-0.15, -0.1) is 11.3 Å². The van der Waals surface area contributed by atoms with Crippen LogP contribution in [-0.4, -0.2) is 15.9 Å². The number of carbonyl (C=O) groups is 1. The Hall–Kier alpha value is -2.31. The Morgan fingerprint density at radius 1 is 0.962 bits per heavy atom. The van der Waals surface area contributed by atoms with E-state index >= 15 is 0 Å². The molecule has 130 valence electrons. The van der Waals surface area contributed by atoms with E-state index in [0.717, 1.165) is 38.3 Å². The summed E-state index contributed by atoms with van der Waals surface area (Å²) in [6.45, 7) is 2.01. The van der Waals surface area contributed by atoms with Gasteiger partial charge in [-0.2, -0.15) is 0 Å². The predicted molar refractivity (Wildman–Crippen MR) is 109 cm³/mol. The lowest BCUT2D eigenvalue weighted by molar-refractivity contribution is 0.102. The SMILES string of the molecule is Cc1nc2ccc3nc(NC(=O)c4ccc5c(c4)CCCC5)sc3c2s1. The van der Waals surface area contributed by atoms with Crippen molar-refractivity contribution in [1.82, 2.24) is 9.97 Å². The number of hydrogen-bond donors (Lipinski definition) is 1. The molecule has 0 saturated carbocycles. The molecule has 0 bridgehead atoms. The molecule has 0 aliphatic heterocycles. The molecule has 0 radical (unpaired) electrons. The largest absolute Gasteiger partial charge is 0.298 e. The second kappa shape index (κ2) is 6.14. The second-order valence-corrected chi connectivity index (χ2v) is 8.86. The number of hydrogen-bond acceptors (Lipinski definition) is 5. The average molecular weight is 380 g/mol. The summed E-state index contributed by atoms with van der Waals surface area (Å²) in [4.78, 5) is 21.8. The van der Waals surface area contributed by atoms with Gasteiger partial charge in [0.05, 0.1) is 25.4 Å². The molecule has 6 heteroatoms. The molecular weight excluding hydrogens is 362 g/mol. The molecule has 1 aliphatic rings. The third kappa shape index (κ3) is 2.70. The first-order chi connectivity index (χ1) is 12.7. The summed E-state index contributed by atoms with van der Waals surface area (Å²) in [7, 11) is 0. The third-order valence-corrected chi connectivity index (χ3v) is 6.99. The number of benzene rings is 2. The van der Waals surface area contributed by atoms with Gasteiger partial charge in [0.1, 0.15) is 0 Å². The summed E-state index contributed by atoms with van der Waals surface area (Å²) >= 11 is 3.19.